The molecule has 11 rings (SSSR count). The Morgan fingerprint density at radius 2 is 1.20 bits per heavy atom. The minimum absolute atomic E-state index is 0.0311. The number of nitrogens with one attached hydrogen (secondary N) is 2. The van der Waals surface area contributed by atoms with Gasteiger partial charge in [0, 0.05) is 49.0 Å². The summed E-state index contributed by atoms with van der Waals surface area (Å²) in [6.07, 6.45) is 0. The van der Waals surface area contributed by atoms with Gasteiger partial charge in [-0.05, 0) is 41.9 Å². The zero-order chi connectivity index (χ0) is 36.6. The van der Waals surface area contributed by atoms with Crippen LogP contribution in [0.25, 0.3) is 84.9 Å². The molecule has 254 valence electrons. The Bertz CT molecular complexity index is 3680. The highest BCUT2D eigenvalue weighted by Crippen LogP contribution is 2.42. The molecule has 54 heavy (non-hydrogen) atoms. The molecule has 0 bridgehead atoms. The van der Waals surface area contributed by atoms with Gasteiger partial charge in [0.2, 0.25) is 0 Å². The molecular formula is C43H19N3O6S2. The Morgan fingerprint density at radius 3 is 1.93 bits per heavy atom. The van der Waals surface area contributed by atoms with Crippen LogP contribution >= 0.6 is 22.9 Å². The summed E-state index contributed by atoms with van der Waals surface area (Å²) in [4.78, 5) is 87.3. The van der Waals surface area contributed by atoms with Crippen molar-refractivity contribution in [3.63, 3.8) is 0 Å². The highest BCUT2D eigenvalue weighted by molar-refractivity contribution is 7.25. The highest BCUT2D eigenvalue weighted by Gasteiger charge is 2.30. The van der Waals surface area contributed by atoms with Crippen LogP contribution in [0.3, 0.4) is 0 Å². The second-order valence-corrected chi connectivity index (χ2v) is 15.1. The van der Waals surface area contributed by atoms with Gasteiger partial charge in [0.25, 0.3) is 5.91 Å². The van der Waals surface area contributed by atoms with Crippen LogP contribution in [0.2, 0.25) is 0 Å². The monoisotopic (exact) mass is 737 g/mol. The molecule has 0 fully saturated rings. The third-order valence-electron chi connectivity index (χ3n) is 10.5. The zero-order valence-electron chi connectivity index (χ0n) is 27.5. The number of carbonyl (C=O) groups excluding carboxylic acids is 2. The van der Waals surface area contributed by atoms with Crippen molar-refractivity contribution in [2.45, 2.75) is 0 Å². The van der Waals surface area contributed by atoms with Crippen LogP contribution < -0.4 is 27.0 Å². The van der Waals surface area contributed by atoms with Gasteiger partial charge in [-0.15, -0.1) is 11.3 Å². The SMILES string of the molecule is O=C(Nc1cc2sc3c(ccc4c(=O)c5ccccc5c(=O)c43)[nH]c2c2c(=O)c3ccccc3c(=O)c12)c1ccc2c3c(nsc13)-c1ccccc1C2=O. The topological polar surface area (TPSA) is 143 Å². The van der Waals surface area contributed by atoms with Crippen LogP contribution in [-0.2, 0) is 0 Å². The lowest BCUT2D eigenvalue weighted by Gasteiger charge is -2.16. The number of hydrogen-bond donors (Lipinski definition) is 2. The van der Waals surface area contributed by atoms with Crippen molar-refractivity contribution in [2.75, 3.05) is 5.32 Å². The maximum atomic E-state index is 14.3. The lowest BCUT2D eigenvalue weighted by molar-refractivity contribution is 0.102. The molecule has 10 aromatic rings. The van der Waals surface area contributed by atoms with Gasteiger partial charge in [-0.1, -0.05) is 72.8 Å². The van der Waals surface area contributed by atoms with E-state index in [2.05, 4.69) is 14.7 Å². The summed E-state index contributed by atoms with van der Waals surface area (Å²) in [5.41, 5.74) is 2.14. The normalized spacial score (nSPS) is 12.5. The van der Waals surface area contributed by atoms with Crippen molar-refractivity contribution in [2.24, 2.45) is 0 Å². The molecule has 0 unspecified atom stereocenters. The summed E-state index contributed by atoms with van der Waals surface area (Å²) < 4.78 is 6.14. The molecule has 0 aliphatic heterocycles. The Hall–Kier alpha value is -6.95. The summed E-state index contributed by atoms with van der Waals surface area (Å²) in [6.45, 7) is 0. The first-order chi connectivity index (χ1) is 26.3. The number of anilines is 1. The van der Waals surface area contributed by atoms with Crippen LogP contribution in [0.5, 0.6) is 0 Å². The molecule has 11 heteroatoms. The largest absolute Gasteiger partial charge is 0.353 e. The molecule has 0 spiro atoms. The summed E-state index contributed by atoms with van der Waals surface area (Å²) in [5.74, 6) is -0.717. The van der Waals surface area contributed by atoms with Crippen LogP contribution in [0.4, 0.5) is 5.69 Å². The number of H-pyrrole nitrogens is 1. The zero-order valence-corrected chi connectivity index (χ0v) is 29.2. The fourth-order valence-electron chi connectivity index (χ4n) is 8.00. The average molecular weight is 738 g/mol. The molecule has 2 aromatic heterocycles. The summed E-state index contributed by atoms with van der Waals surface area (Å²) in [6, 6.07) is 28.6. The number of ketones is 1. The van der Waals surface area contributed by atoms with Gasteiger partial charge in [-0.2, -0.15) is 4.37 Å². The predicted molar refractivity (Wildman–Crippen MR) is 216 cm³/mol. The molecule has 0 atom stereocenters. The van der Waals surface area contributed by atoms with Crippen LogP contribution in [0.1, 0.15) is 26.3 Å². The van der Waals surface area contributed by atoms with Crippen molar-refractivity contribution in [1.82, 2.24) is 9.36 Å². The quantitative estimate of drug-likeness (QED) is 0.135. The molecule has 1 amide bonds. The van der Waals surface area contributed by atoms with E-state index in [1.54, 1.807) is 91.0 Å². The smallest absolute Gasteiger partial charge is 0.257 e. The lowest BCUT2D eigenvalue weighted by atomic mass is 9.87. The number of benzene rings is 8. The molecule has 0 saturated heterocycles. The molecule has 2 N–H and O–H groups in total. The van der Waals surface area contributed by atoms with E-state index in [1.807, 2.05) is 12.1 Å². The van der Waals surface area contributed by atoms with Crippen molar-refractivity contribution < 1.29 is 9.59 Å². The van der Waals surface area contributed by atoms with Gasteiger partial charge in [-0.3, -0.25) is 28.8 Å². The van der Waals surface area contributed by atoms with Crippen molar-refractivity contribution in [3.05, 3.63) is 161 Å². The minimum atomic E-state index is -0.562. The standard InChI is InChI=1S/C43H19N3O6S2/c47-36-19-8-2-1-7-18(19)34-30-24(36)13-14-26(41(30)54-46-34)43(52)45-28-17-29-35(33-32(28)39(50)22-11-5-6-12-23(22)40(33)51)44-27-16-15-25-31(42(27)53-29)38(49)21-10-4-3-9-20(21)37(25)48/h1-17,44H,(H,45,52). The molecule has 0 radical (unpaired) electrons. The van der Waals surface area contributed by atoms with Gasteiger partial charge >= 0.3 is 0 Å². The van der Waals surface area contributed by atoms with Crippen LogP contribution in [-0.4, -0.2) is 21.0 Å². The maximum absolute atomic E-state index is 14.3. The van der Waals surface area contributed by atoms with Gasteiger partial charge in [0.15, 0.2) is 27.5 Å². The van der Waals surface area contributed by atoms with Crippen LogP contribution in [0, 0.1) is 0 Å². The summed E-state index contributed by atoms with van der Waals surface area (Å²) in [7, 11) is 0. The van der Waals surface area contributed by atoms with E-state index in [4.69, 9.17) is 0 Å². The first-order valence-corrected chi connectivity index (χ1v) is 18.5. The number of aromatic nitrogens is 2. The first-order valence-electron chi connectivity index (χ1n) is 16.9. The second kappa shape index (κ2) is 10.8. The van der Waals surface area contributed by atoms with Crippen LogP contribution in [0.15, 0.2) is 122 Å². The van der Waals surface area contributed by atoms with E-state index in [0.29, 0.717) is 63.7 Å². The number of fused-ring (bicyclic) bond motifs is 10. The minimum Gasteiger partial charge on any atom is -0.353 e. The number of amides is 1. The Balaban J connectivity index is 1.19. The number of carbonyl (C=O) groups is 2. The predicted octanol–water partition coefficient (Wildman–Crippen LogP) is 7.95. The van der Waals surface area contributed by atoms with Gasteiger partial charge < -0.3 is 10.3 Å². The van der Waals surface area contributed by atoms with E-state index >= 15 is 0 Å². The number of nitrogens with zero attached hydrogens (tertiary/aromatic N) is 1. The molecule has 8 aromatic carbocycles. The molecule has 9 nitrogen and oxygen atoms in total. The van der Waals surface area contributed by atoms with E-state index in [1.165, 1.54) is 11.3 Å². The third-order valence-corrected chi connectivity index (χ3v) is 12.5. The second-order valence-electron chi connectivity index (χ2n) is 13.3. The Morgan fingerprint density at radius 1 is 0.574 bits per heavy atom. The maximum Gasteiger partial charge on any atom is 0.257 e. The Kier molecular flexibility index (Phi) is 6.13. The summed E-state index contributed by atoms with van der Waals surface area (Å²) >= 11 is 2.30. The Labute approximate surface area is 308 Å². The number of aromatic amines is 1. The number of hydrogen-bond acceptors (Lipinski definition) is 9. The molecule has 0 saturated carbocycles. The van der Waals surface area contributed by atoms with Gasteiger partial charge in [0.05, 0.1) is 58.2 Å². The highest BCUT2D eigenvalue weighted by atomic mass is 32.1. The average Bonchev–Trinajstić information content (AvgIpc) is 3.65. The summed E-state index contributed by atoms with van der Waals surface area (Å²) in [5, 5.41) is 5.25. The molecular weight excluding hydrogens is 719 g/mol. The van der Waals surface area contributed by atoms with Gasteiger partial charge in [0.1, 0.15) is 0 Å². The molecule has 1 aliphatic rings. The van der Waals surface area contributed by atoms with Crippen molar-refractivity contribution >= 4 is 114 Å². The van der Waals surface area contributed by atoms with E-state index in [9.17, 15) is 28.8 Å². The van der Waals surface area contributed by atoms with Gasteiger partial charge in [-0.25, -0.2) is 0 Å². The van der Waals surface area contributed by atoms with Crippen molar-refractivity contribution in [3.8, 4) is 11.3 Å². The molecule has 2 heterocycles. The van der Waals surface area contributed by atoms with Crippen molar-refractivity contribution in [1.29, 1.82) is 0 Å². The fraction of sp³-hybridized carbons (Fsp3) is 0. The van der Waals surface area contributed by atoms with E-state index in [-0.39, 0.29) is 60.2 Å². The number of rotatable bonds is 2. The fourth-order valence-corrected chi connectivity index (χ4v) is 10.1. The van der Waals surface area contributed by atoms with E-state index < -0.39 is 16.8 Å². The third kappa shape index (κ3) is 3.93. The first kappa shape index (κ1) is 30.7. The lowest BCUT2D eigenvalue weighted by Crippen LogP contribution is -2.19. The van der Waals surface area contributed by atoms with E-state index in [0.717, 1.165) is 11.5 Å². The molecule has 1 aliphatic carbocycles.